The summed E-state index contributed by atoms with van der Waals surface area (Å²) in [6.07, 6.45) is -0.842. The van der Waals surface area contributed by atoms with Crippen molar-refractivity contribution in [2.75, 3.05) is 12.4 Å². The molecule has 98 valence electrons. The van der Waals surface area contributed by atoms with Crippen LogP contribution in [0.3, 0.4) is 0 Å². The molecule has 0 saturated carbocycles. The predicted octanol–water partition coefficient (Wildman–Crippen LogP) is 0.387. The SMILES string of the molecule is CCCS(=O)(=O)OS(=O)(=O)OC(C)OCC. The molecule has 0 radical (unpaired) electrons. The van der Waals surface area contributed by atoms with E-state index < -0.39 is 32.6 Å². The predicted molar refractivity (Wildman–Crippen MR) is 56.3 cm³/mol. The van der Waals surface area contributed by atoms with Crippen LogP contribution >= 0.6 is 0 Å². The highest BCUT2D eigenvalue weighted by Crippen LogP contribution is 2.08. The van der Waals surface area contributed by atoms with E-state index in [4.69, 9.17) is 4.74 Å². The summed E-state index contributed by atoms with van der Waals surface area (Å²) in [4.78, 5) is 0. The van der Waals surface area contributed by atoms with E-state index in [0.717, 1.165) is 0 Å². The average Bonchev–Trinajstić information content (AvgIpc) is 1.99. The lowest BCUT2D eigenvalue weighted by atomic mass is 10.6. The Labute approximate surface area is 96.1 Å². The highest BCUT2D eigenvalue weighted by molar-refractivity contribution is 7.97. The van der Waals surface area contributed by atoms with Crippen LogP contribution < -0.4 is 0 Å². The van der Waals surface area contributed by atoms with Crippen LogP contribution in [-0.4, -0.2) is 35.5 Å². The van der Waals surface area contributed by atoms with E-state index in [9.17, 15) is 16.8 Å². The molecule has 0 N–H and O–H groups in total. The minimum absolute atomic E-state index is 0.235. The fourth-order valence-corrected chi connectivity index (χ4v) is 3.16. The summed E-state index contributed by atoms with van der Waals surface area (Å²) in [5.74, 6) is -0.390. The molecule has 0 heterocycles. The maximum absolute atomic E-state index is 11.1. The third kappa shape index (κ3) is 7.12. The first kappa shape index (κ1) is 15.8. The Bertz CT molecular complexity index is 383. The second-order valence-corrected chi connectivity index (χ2v) is 5.93. The van der Waals surface area contributed by atoms with Gasteiger partial charge in [0.15, 0.2) is 6.29 Å². The Hall–Kier alpha value is -0.220. The molecule has 0 rings (SSSR count). The number of ether oxygens (including phenoxy) is 1. The standard InChI is InChI=1S/C7H16O7S2/c1-4-6-15(8,9)14-16(10,11)13-7(3)12-5-2/h7H,4-6H2,1-3H3. The average molecular weight is 276 g/mol. The van der Waals surface area contributed by atoms with Gasteiger partial charge in [-0.3, -0.25) is 0 Å². The second-order valence-electron chi connectivity index (χ2n) is 2.86. The molecule has 0 amide bonds. The monoisotopic (exact) mass is 276 g/mol. The maximum Gasteiger partial charge on any atom is 0.417 e. The zero-order chi connectivity index (χ0) is 12.8. The Balaban J connectivity index is 4.47. The molecular weight excluding hydrogens is 260 g/mol. The van der Waals surface area contributed by atoms with E-state index in [1.54, 1.807) is 13.8 Å². The topological polar surface area (TPSA) is 96.0 Å². The van der Waals surface area contributed by atoms with Gasteiger partial charge in [0.1, 0.15) is 0 Å². The minimum Gasteiger partial charge on any atom is -0.352 e. The van der Waals surface area contributed by atoms with Gasteiger partial charge in [-0.15, -0.1) is 3.63 Å². The van der Waals surface area contributed by atoms with E-state index in [1.165, 1.54) is 6.92 Å². The highest BCUT2D eigenvalue weighted by atomic mass is 32.3. The number of hydrogen-bond acceptors (Lipinski definition) is 7. The number of rotatable bonds is 8. The zero-order valence-corrected chi connectivity index (χ0v) is 11.0. The molecule has 0 aliphatic carbocycles. The van der Waals surface area contributed by atoms with Gasteiger partial charge < -0.3 is 4.74 Å². The van der Waals surface area contributed by atoms with Gasteiger partial charge in [-0.25, -0.2) is 4.18 Å². The van der Waals surface area contributed by atoms with Crippen LogP contribution in [0.2, 0.25) is 0 Å². The van der Waals surface area contributed by atoms with Crippen LogP contribution in [0.4, 0.5) is 0 Å². The summed E-state index contributed by atoms with van der Waals surface area (Å²) >= 11 is 0. The molecular formula is C7H16O7S2. The molecule has 0 fully saturated rings. The first-order valence-corrected chi connectivity index (χ1v) is 7.62. The summed E-state index contributed by atoms with van der Waals surface area (Å²) in [6.45, 7) is 4.77. The normalized spacial score (nSPS) is 14.9. The molecule has 0 aromatic carbocycles. The van der Waals surface area contributed by atoms with Crippen molar-refractivity contribution < 1.29 is 29.4 Å². The molecule has 1 atom stereocenters. The maximum atomic E-state index is 11.1. The van der Waals surface area contributed by atoms with E-state index in [2.05, 4.69) is 7.81 Å². The van der Waals surface area contributed by atoms with Gasteiger partial charge >= 0.3 is 10.4 Å². The van der Waals surface area contributed by atoms with Crippen LogP contribution in [0.1, 0.15) is 27.2 Å². The first-order valence-electron chi connectivity index (χ1n) is 4.71. The summed E-state index contributed by atoms with van der Waals surface area (Å²) in [5, 5.41) is 0. The van der Waals surface area contributed by atoms with Gasteiger partial charge in [-0.2, -0.15) is 16.8 Å². The highest BCUT2D eigenvalue weighted by Gasteiger charge is 2.25. The van der Waals surface area contributed by atoms with E-state index in [1.807, 2.05) is 0 Å². The molecule has 0 saturated heterocycles. The van der Waals surface area contributed by atoms with Gasteiger partial charge in [0.05, 0.1) is 5.75 Å². The summed E-state index contributed by atoms with van der Waals surface area (Å²) in [6, 6.07) is 0. The molecule has 0 aromatic rings. The van der Waals surface area contributed by atoms with Crippen molar-refractivity contribution >= 4 is 20.5 Å². The zero-order valence-electron chi connectivity index (χ0n) is 9.37. The number of hydrogen-bond donors (Lipinski definition) is 0. The van der Waals surface area contributed by atoms with Crippen molar-refractivity contribution in [2.45, 2.75) is 33.5 Å². The van der Waals surface area contributed by atoms with Crippen LogP contribution in [0.15, 0.2) is 0 Å². The Kier molecular flexibility index (Phi) is 6.41. The van der Waals surface area contributed by atoms with Crippen molar-refractivity contribution in [3.05, 3.63) is 0 Å². The summed E-state index contributed by atoms with van der Waals surface area (Å²) < 4.78 is 57.3. The van der Waals surface area contributed by atoms with Gasteiger partial charge in [0, 0.05) is 6.61 Å². The molecule has 0 bridgehead atoms. The van der Waals surface area contributed by atoms with Crippen LogP contribution in [-0.2, 0) is 33.1 Å². The lowest BCUT2D eigenvalue weighted by Crippen LogP contribution is -2.23. The van der Waals surface area contributed by atoms with Crippen molar-refractivity contribution in [3.8, 4) is 0 Å². The molecule has 16 heavy (non-hydrogen) atoms. The Morgan fingerprint density at radius 1 is 1.12 bits per heavy atom. The molecule has 9 heteroatoms. The van der Waals surface area contributed by atoms with E-state index in [0.29, 0.717) is 0 Å². The van der Waals surface area contributed by atoms with E-state index in [-0.39, 0.29) is 13.0 Å². The third-order valence-electron chi connectivity index (χ3n) is 1.30. The Morgan fingerprint density at radius 3 is 2.12 bits per heavy atom. The second kappa shape index (κ2) is 6.50. The largest absolute Gasteiger partial charge is 0.417 e. The fourth-order valence-electron chi connectivity index (χ4n) is 0.855. The van der Waals surface area contributed by atoms with Crippen molar-refractivity contribution in [1.82, 2.24) is 0 Å². The smallest absolute Gasteiger partial charge is 0.352 e. The molecule has 0 aromatic heterocycles. The molecule has 0 aliphatic rings. The van der Waals surface area contributed by atoms with Gasteiger partial charge in [-0.05, 0) is 20.3 Å². The van der Waals surface area contributed by atoms with Crippen molar-refractivity contribution in [2.24, 2.45) is 0 Å². The first-order chi connectivity index (χ1) is 7.22. The summed E-state index contributed by atoms with van der Waals surface area (Å²) in [5.41, 5.74) is 0. The molecule has 0 aliphatic heterocycles. The van der Waals surface area contributed by atoms with Crippen LogP contribution in [0.5, 0.6) is 0 Å². The quantitative estimate of drug-likeness (QED) is 0.591. The van der Waals surface area contributed by atoms with Gasteiger partial charge in [-0.1, -0.05) is 6.92 Å². The van der Waals surface area contributed by atoms with Crippen LogP contribution in [0, 0.1) is 0 Å². The minimum atomic E-state index is -4.60. The van der Waals surface area contributed by atoms with Gasteiger partial charge in [0.2, 0.25) is 0 Å². The van der Waals surface area contributed by atoms with Crippen molar-refractivity contribution in [1.29, 1.82) is 0 Å². The van der Waals surface area contributed by atoms with Crippen molar-refractivity contribution in [3.63, 3.8) is 0 Å². The molecule has 7 nitrogen and oxygen atoms in total. The van der Waals surface area contributed by atoms with Crippen LogP contribution in [0.25, 0.3) is 0 Å². The Morgan fingerprint density at radius 2 is 1.69 bits per heavy atom. The lowest BCUT2D eigenvalue weighted by molar-refractivity contribution is -0.0616. The van der Waals surface area contributed by atoms with E-state index >= 15 is 0 Å². The fraction of sp³-hybridized carbons (Fsp3) is 1.00. The van der Waals surface area contributed by atoms with Gasteiger partial charge in [0.25, 0.3) is 10.1 Å². The summed E-state index contributed by atoms with van der Waals surface area (Å²) in [7, 11) is -8.71. The molecule has 0 spiro atoms. The molecule has 1 unspecified atom stereocenters. The lowest BCUT2D eigenvalue weighted by Gasteiger charge is -2.11. The third-order valence-corrected chi connectivity index (χ3v) is 4.21.